The highest BCUT2D eigenvalue weighted by molar-refractivity contribution is 6.05. The largest absolute Gasteiger partial charge is 0.457 e. The van der Waals surface area contributed by atoms with Crippen molar-refractivity contribution in [3.05, 3.63) is 69.6 Å². The molecule has 0 radical (unpaired) electrons. The van der Waals surface area contributed by atoms with Crippen molar-refractivity contribution in [1.82, 2.24) is 0 Å². The number of benzene rings is 2. The molecule has 0 aliphatic carbocycles. The number of hydrogen-bond donors (Lipinski definition) is 1. The van der Waals surface area contributed by atoms with E-state index < -0.39 is 11.6 Å². The van der Waals surface area contributed by atoms with Crippen LogP contribution in [0.2, 0.25) is 0 Å². The maximum absolute atomic E-state index is 12.7. The SMILES string of the molecule is CCc1ccc2c(COC(=O)c3ccc4c(c3)NC(=O)[C@@H]3CCCN43)cc(=O)oc2c1. The Labute approximate surface area is 178 Å². The van der Waals surface area contributed by atoms with Gasteiger partial charge in [-0.3, -0.25) is 4.79 Å². The van der Waals surface area contributed by atoms with Gasteiger partial charge in [0.25, 0.3) is 0 Å². The number of nitrogens with one attached hydrogen (secondary N) is 1. The monoisotopic (exact) mass is 418 g/mol. The Bertz CT molecular complexity index is 1260. The molecule has 2 aliphatic rings. The number of ether oxygens (including phenoxy) is 1. The van der Waals surface area contributed by atoms with Gasteiger partial charge in [-0.05, 0) is 49.1 Å². The van der Waals surface area contributed by atoms with Crippen molar-refractivity contribution in [1.29, 1.82) is 0 Å². The minimum Gasteiger partial charge on any atom is -0.457 e. The molecule has 2 aromatic carbocycles. The molecule has 1 N–H and O–H groups in total. The number of aryl methyl sites for hydroxylation is 1. The van der Waals surface area contributed by atoms with E-state index in [2.05, 4.69) is 10.2 Å². The number of carbonyl (C=O) groups excluding carboxylic acids is 2. The van der Waals surface area contributed by atoms with Crippen molar-refractivity contribution in [3.8, 4) is 0 Å². The van der Waals surface area contributed by atoms with Crippen molar-refractivity contribution in [2.24, 2.45) is 0 Å². The standard InChI is InChI=1S/C24H22N2O5/c1-2-14-5-7-17-16(12-22(27)31-21(17)10-14)13-30-24(29)15-6-8-19-18(11-15)25-23(28)20-4-3-9-26(19)20/h5-8,10-12,20H,2-4,9,13H2,1H3,(H,25,28)/t20-/m0/s1. The molecule has 1 fully saturated rings. The van der Waals surface area contributed by atoms with E-state index in [0.717, 1.165) is 42.4 Å². The third-order valence-electron chi connectivity index (χ3n) is 6.02. The first-order chi connectivity index (χ1) is 15.0. The number of carbonyl (C=O) groups is 2. The number of esters is 1. The normalized spacial score (nSPS) is 17.3. The smallest absolute Gasteiger partial charge is 0.338 e. The third-order valence-corrected chi connectivity index (χ3v) is 6.02. The van der Waals surface area contributed by atoms with Crippen LogP contribution < -0.4 is 15.8 Å². The summed E-state index contributed by atoms with van der Waals surface area (Å²) in [7, 11) is 0. The van der Waals surface area contributed by atoms with Crippen LogP contribution in [0.15, 0.2) is 51.7 Å². The van der Waals surface area contributed by atoms with Crippen LogP contribution in [0.4, 0.5) is 11.4 Å². The zero-order valence-electron chi connectivity index (χ0n) is 17.1. The quantitative estimate of drug-likeness (QED) is 0.514. The topological polar surface area (TPSA) is 88.9 Å². The highest BCUT2D eigenvalue weighted by atomic mass is 16.5. The predicted octanol–water partition coefficient (Wildman–Crippen LogP) is 3.63. The van der Waals surface area contributed by atoms with Crippen LogP contribution in [0.1, 0.15) is 41.3 Å². The third kappa shape index (κ3) is 3.46. The molecule has 1 saturated heterocycles. The zero-order chi connectivity index (χ0) is 21.5. The summed E-state index contributed by atoms with van der Waals surface area (Å²) in [4.78, 5) is 39.0. The Morgan fingerprint density at radius 3 is 2.90 bits per heavy atom. The van der Waals surface area contributed by atoms with Crippen LogP contribution in [0.3, 0.4) is 0 Å². The molecule has 5 rings (SSSR count). The molecule has 1 amide bonds. The predicted molar refractivity (Wildman–Crippen MR) is 116 cm³/mol. The molecule has 0 unspecified atom stereocenters. The van der Waals surface area contributed by atoms with Crippen LogP contribution in [0, 0.1) is 0 Å². The molecule has 0 spiro atoms. The number of hydrogen-bond acceptors (Lipinski definition) is 6. The number of rotatable bonds is 4. The highest BCUT2D eigenvalue weighted by Crippen LogP contribution is 2.37. The van der Waals surface area contributed by atoms with Gasteiger partial charge in [-0.15, -0.1) is 0 Å². The average molecular weight is 418 g/mol. The minimum absolute atomic E-state index is 0.0375. The molecule has 1 aromatic heterocycles. The fraction of sp³-hybridized carbons (Fsp3) is 0.292. The average Bonchev–Trinajstić information content (AvgIpc) is 3.27. The van der Waals surface area contributed by atoms with E-state index in [-0.39, 0.29) is 18.6 Å². The maximum Gasteiger partial charge on any atom is 0.338 e. The van der Waals surface area contributed by atoms with Crippen LogP contribution >= 0.6 is 0 Å². The van der Waals surface area contributed by atoms with Gasteiger partial charge in [0.15, 0.2) is 0 Å². The van der Waals surface area contributed by atoms with Gasteiger partial charge in [-0.25, -0.2) is 9.59 Å². The number of nitrogens with zero attached hydrogens (tertiary/aromatic N) is 1. The summed E-state index contributed by atoms with van der Waals surface area (Å²) in [6, 6.07) is 12.1. The lowest BCUT2D eigenvalue weighted by Gasteiger charge is -2.33. The van der Waals surface area contributed by atoms with E-state index in [9.17, 15) is 14.4 Å². The summed E-state index contributed by atoms with van der Waals surface area (Å²) in [6.07, 6.45) is 2.64. The minimum atomic E-state index is -0.521. The van der Waals surface area contributed by atoms with Crippen LogP contribution in [0.5, 0.6) is 0 Å². The molecule has 7 nitrogen and oxygen atoms in total. The van der Waals surface area contributed by atoms with E-state index in [1.807, 2.05) is 31.2 Å². The summed E-state index contributed by atoms with van der Waals surface area (Å²) >= 11 is 0. The van der Waals surface area contributed by atoms with Gasteiger partial charge in [-0.2, -0.15) is 0 Å². The van der Waals surface area contributed by atoms with Crippen molar-refractivity contribution in [3.63, 3.8) is 0 Å². The van der Waals surface area contributed by atoms with Crippen LogP contribution in [-0.4, -0.2) is 24.5 Å². The van der Waals surface area contributed by atoms with Gasteiger partial charge in [-0.1, -0.05) is 19.1 Å². The highest BCUT2D eigenvalue weighted by Gasteiger charge is 2.36. The second kappa shape index (κ2) is 7.58. The Kier molecular flexibility index (Phi) is 4.73. The summed E-state index contributed by atoms with van der Waals surface area (Å²) in [6.45, 7) is 2.80. The number of fused-ring (bicyclic) bond motifs is 4. The maximum atomic E-state index is 12.7. The molecule has 2 aliphatic heterocycles. The lowest BCUT2D eigenvalue weighted by atomic mass is 10.1. The first-order valence-electron chi connectivity index (χ1n) is 10.5. The van der Waals surface area contributed by atoms with Crippen molar-refractivity contribution in [2.75, 3.05) is 16.8 Å². The Morgan fingerprint density at radius 2 is 2.06 bits per heavy atom. The molecule has 158 valence electrons. The molecule has 3 aromatic rings. The summed E-state index contributed by atoms with van der Waals surface area (Å²) < 4.78 is 10.8. The van der Waals surface area contributed by atoms with Crippen molar-refractivity contribution >= 4 is 34.2 Å². The fourth-order valence-electron chi connectivity index (χ4n) is 4.40. The van der Waals surface area contributed by atoms with E-state index in [1.54, 1.807) is 12.1 Å². The van der Waals surface area contributed by atoms with Gasteiger partial charge < -0.3 is 19.4 Å². The molecular formula is C24H22N2O5. The zero-order valence-corrected chi connectivity index (χ0v) is 17.1. The van der Waals surface area contributed by atoms with Crippen molar-refractivity contribution < 1.29 is 18.7 Å². The Morgan fingerprint density at radius 1 is 1.19 bits per heavy atom. The first-order valence-corrected chi connectivity index (χ1v) is 10.5. The van der Waals surface area contributed by atoms with E-state index in [4.69, 9.17) is 9.15 Å². The summed E-state index contributed by atoms with van der Waals surface area (Å²) in [5, 5.41) is 3.64. The molecule has 1 atom stereocenters. The molecule has 3 heterocycles. The van der Waals surface area contributed by atoms with Gasteiger partial charge in [0, 0.05) is 23.6 Å². The van der Waals surface area contributed by atoms with Crippen molar-refractivity contribution in [2.45, 2.75) is 38.8 Å². The summed E-state index contributed by atoms with van der Waals surface area (Å²) in [5.41, 5.74) is 3.54. The van der Waals surface area contributed by atoms with Crippen LogP contribution in [-0.2, 0) is 22.6 Å². The molecule has 31 heavy (non-hydrogen) atoms. The molecular weight excluding hydrogens is 396 g/mol. The lowest BCUT2D eigenvalue weighted by molar-refractivity contribution is -0.117. The van der Waals surface area contributed by atoms with Crippen LogP contribution in [0.25, 0.3) is 11.0 Å². The van der Waals surface area contributed by atoms with E-state index >= 15 is 0 Å². The molecule has 7 heteroatoms. The molecule has 0 saturated carbocycles. The lowest BCUT2D eigenvalue weighted by Crippen LogP contribution is -2.43. The van der Waals surface area contributed by atoms with Gasteiger partial charge >= 0.3 is 11.6 Å². The van der Waals surface area contributed by atoms with E-state index in [0.29, 0.717) is 22.4 Å². The molecule has 0 bridgehead atoms. The summed E-state index contributed by atoms with van der Waals surface area (Å²) in [5.74, 6) is -0.559. The van der Waals surface area contributed by atoms with Gasteiger partial charge in [0.2, 0.25) is 5.91 Å². The van der Waals surface area contributed by atoms with Gasteiger partial charge in [0.1, 0.15) is 18.2 Å². The number of amides is 1. The second-order valence-electron chi connectivity index (χ2n) is 7.92. The fourth-order valence-corrected chi connectivity index (χ4v) is 4.40. The Balaban J connectivity index is 1.38. The number of anilines is 2. The van der Waals surface area contributed by atoms with E-state index in [1.165, 1.54) is 6.07 Å². The second-order valence-corrected chi connectivity index (χ2v) is 7.92. The first kappa shape index (κ1) is 19.4. The van der Waals surface area contributed by atoms with Gasteiger partial charge in [0.05, 0.1) is 16.9 Å². The Hall–Kier alpha value is -3.61.